The molecule has 0 aliphatic heterocycles. The molecule has 1 aromatic carbocycles. The van der Waals surface area contributed by atoms with Crippen molar-refractivity contribution in [3.63, 3.8) is 0 Å². The van der Waals surface area contributed by atoms with Crippen LogP contribution in [0.5, 0.6) is 5.75 Å². The van der Waals surface area contributed by atoms with Crippen LogP contribution in [0.3, 0.4) is 0 Å². The summed E-state index contributed by atoms with van der Waals surface area (Å²) >= 11 is 5.98. The summed E-state index contributed by atoms with van der Waals surface area (Å²) in [4.78, 5) is 13.1. The number of hydrogen-bond donors (Lipinski definition) is 0. The van der Waals surface area contributed by atoms with Crippen molar-refractivity contribution >= 4 is 23.1 Å². The molecular formula is C12H13ClN2O2. The Hall–Kier alpha value is -1.73. The average Bonchev–Trinajstić information content (AvgIpc) is 2.29. The fraction of sp³-hybridized carbons (Fsp3) is 0.333. The molecule has 0 aliphatic rings. The molecule has 4 nitrogen and oxygen atoms in total. The third-order valence-corrected chi connectivity index (χ3v) is 2.56. The fourth-order valence-electron chi connectivity index (χ4n) is 1.39. The number of anilines is 1. The Morgan fingerprint density at radius 1 is 1.59 bits per heavy atom. The van der Waals surface area contributed by atoms with Gasteiger partial charge in [0.2, 0.25) is 0 Å². The van der Waals surface area contributed by atoms with Crippen LogP contribution in [0.25, 0.3) is 0 Å². The molecule has 5 heteroatoms. The van der Waals surface area contributed by atoms with Crippen molar-refractivity contribution < 1.29 is 9.53 Å². The van der Waals surface area contributed by atoms with E-state index >= 15 is 0 Å². The van der Waals surface area contributed by atoms with Gasteiger partial charge in [0.05, 0.1) is 31.2 Å². The van der Waals surface area contributed by atoms with E-state index in [-0.39, 0.29) is 18.7 Å². The predicted octanol–water partition coefficient (Wildman–Crippen LogP) is 2.27. The molecule has 1 rings (SSSR count). The fourth-order valence-corrected chi connectivity index (χ4v) is 1.64. The Balaban J connectivity index is 2.76. The number of methoxy groups -OCH3 is 1. The zero-order valence-corrected chi connectivity index (χ0v) is 10.5. The molecule has 0 aromatic heterocycles. The smallest absolute Gasteiger partial charge is 0.166 e. The van der Waals surface area contributed by atoms with Gasteiger partial charge in [-0.1, -0.05) is 11.6 Å². The summed E-state index contributed by atoms with van der Waals surface area (Å²) in [6, 6.07) is 7.10. The number of ketones is 1. The SMILES string of the molecule is COc1ccc(N(C)CC(=O)CC#N)cc1Cl. The van der Waals surface area contributed by atoms with Gasteiger partial charge in [0.1, 0.15) is 5.75 Å². The van der Waals surface area contributed by atoms with E-state index < -0.39 is 0 Å². The van der Waals surface area contributed by atoms with Crippen molar-refractivity contribution in [1.29, 1.82) is 5.26 Å². The highest BCUT2D eigenvalue weighted by atomic mass is 35.5. The lowest BCUT2D eigenvalue weighted by atomic mass is 10.2. The van der Waals surface area contributed by atoms with Crippen LogP contribution in [0.15, 0.2) is 18.2 Å². The molecule has 0 spiro atoms. The number of hydrogen-bond acceptors (Lipinski definition) is 4. The lowest BCUT2D eigenvalue weighted by Crippen LogP contribution is -2.25. The first-order valence-electron chi connectivity index (χ1n) is 5.01. The number of ether oxygens (including phenoxy) is 1. The Labute approximate surface area is 105 Å². The van der Waals surface area contributed by atoms with E-state index in [0.29, 0.717) is 10.8 Å². The third kappa shape index (κ3) is 3.65. The molecule has 0 bridgehead atoms. The molecule has 1 aromatic rings. The number of likely N-dealkylation sites (N-methyl/N-ethyl adjacent to an activating group) is 1. The molecule has 0 heterocycles. The van der Waals surface area contributed by atoms with E-state index in [4.69, 9.17) is 21.6 Å². The molecule has 0 atom stereocenters. The number of nitrogens with zero attached hydrogens (tertiary/aromatic N) is 2. The van der Waals surface area contributed by atoms with E-state index in [1.807, 2.05) is 12.1 Å². The van der Waals surface area contributed by atoms with E-state index in [1.54, 1.807) is 31.2 Å². The Kier molecular flexibility index (Phi) is 4.80. The lowest BCUT2D eigenvalue weighted by molar-refractivity contribution is -0.116. The van der Waals surface area contributed by atoms with Gasteiger partial charge in [0.15, 0.2) is 5.78 Å². The second kappa shape index (κ2) is 6.12. The summed E-state index contributed by atoms with van der Waals surface area (Å²) in [6.07, 6.45) is -0.0752. The van der Waals surface area contributed by atoms with E-state index in [9.17, 15) is 4.79 Å². The van der Waals surface area contributed by atoms with Gasteiger partial charge in [0.25, 0.3) is 0 Å². The molecule has 0 saturated carbocycles. The van der Waals surface area contributed by atoms with Gasteiger partial charge in [0, 0.05) is 12.7 Å². The largest absolute Gasteiger partial charge is 0.495 e. The van der Waals surface area contributed by atoms with Crippen LogP contribution in [0.1, 0.15) is 6.42 Å². The Morgan fingerprint density at radius 2 is 2.29 bits per heavy atom. The standard InChI is InChI=1S/C12H13ClN2O2/c1-15(8-10(16)5-6-14)9-3-4-12(17-2)11(13)7-9/h3-4,7H,5,8H2,1-2H3. The van der Waals surface area contributed by atoms with Crippen LogP contribution in [-0.2, 0) is 4.79 Å². The minimum absolute atomic E-state index is 0.0752. The summed E-state index contributed by atoms with van der Waals surface area (Å²) in [7, 11) is 3.31. The van der Waals surface area contributed by atoms with Crippen LogP contribution in [0.2, 0.25) is 5.02 Å². The molecule has 0 saturated heterocycles. The molecule has 0 aliphatic carbocycles. The number of halogens is 1. The Bertz CT molecular complexity index is 454. The second-order valence-electron chi connectivity index (χ2n) is 3.55. The average molecular weight is 253 g/mol. The van der Waals surface area contributed by atoms with Gasteiger partial charge in [-0.3, -0.25) is 4.79 Å². The Morgan fingerprint density at radius 3 is 2.82 bits per heavy atom. The first-order chi connectivity index (χ1) is 8.08. The first kappa shape index (κ1) is 13.3. The summed E-state index contributed by atoms with van der Waals surface area (Å²) in [5.41, 5.74) is 0.807. The second-order valence-corrected chi connectivity index (χ2v) is 3.96. The summed E-state index contributed by atoms with van der Waals surface area (Å²) in [5, 5.41) is 8.90. The zero-order valence-electron chi connectivity index (χ0n) is 9.74. The molecule has 90 valence electrons. The van der Waals surface area contributed by atoms with Crippen LogP contribution in [0, 0.1) is 11.3 Å². The minimum atomic E-state index is -0.123. The molecule has 0 unspecified atom stereocenters. The topological polar surface area (TPSA) is 53.3 Å². The third-order valence-electron chi connectivity index (χ3n) is 2.27. The highest BCUT2D eigenvalue weighted by Crippen LogP contribution is 2.28. The maximum atomic E-state index is 11.3. The van der Waals surface area contributed by atoms with E-state index in [1.165, 1.54) is 0 Å². The lowest BCUT2D eigenvalue weighted by Gasteiger charge is -2.18. The quantitative estimate of drug-likeness (QED) is 0.807. The number of benzene rings is 1. The molecule has 0 amide bonds. The number of nitriles is 1. The van der Waals surface area contributed by atoms with Gasteiger partial charge in [-0.25, -0.2) is 0 Å². The van der Waals surface area contributed by atoms with Crippen molar-refractivity contribution in [3.05, 3.63) is 23.2 Å². The van der Waals surface area contributed by atoms with Gasteiger partial charge >= 0.3 is 0 Å². The maximum absolute atomic E-state index is 11.3. The molecular weight excluding hydrogens is 240 g/mol. The van der Waals surface area contributed by atoms with Crippen LogP contribution < -0.4 is 9.64 Å². The van der Waals surface area contributed by atoms with Crippen LogP contribution >= 0.6 is 11.6 Å². The minimum Gasteiger partial charge on any atom is -0.495 e. The van der Waals surface area contributed by atoms with Crippen molar-refractivity contribution in [3.8, 4) is 11.8 Å². The van der Waals surface area contributed by atoms with Crippen molar-refractivity contribution in [2.24, 2.45) is 0 Å². The predicted molar refractivity (Wildman–Crippen MR) is 66.5 cm³/mol. The molecule has 17 heavy (non-hydrogen) atoms. The van der Waals surface area contributed by atoms with Crippen LogP contribution in [-0.4, -0.2) is 26.5 Å². The highest BCUT2D eigenvalue weighted by molar-refractivity contribution is 6.32. The number of carbonyl (C=O) groups excluding carboxylic acids is 1. The monoisotopic (exact) mass is 252 g/mol. The van der Waals surface area contributed by atoms with Crippen molar-refractivity contribution in [1.82, 2.24) is 0 Å². The number of Topliss-reactive ketones (excluding diaryl/α,β-unsaturated/α-hetero) is 1. The van der Waals surface area contributed by atoms with Crippen molar-refractivity contribution in [2.75, 3.05) is 25.6 Å². The highest BCUT2D eigenvalue weighted by Gasteiger charge is 2.09. The molecule has 0 N–H and O–H groups in total. The first-order valence-corrected chi connectivity index (χ1v) is 5.39. The normalized spacial score (nSPS) is 9.53. The number of carbonyl (C=O) groups is 1. The van der Waals surface area contributed by atoms with Gasteiger partial charge in [-0.2, -0.15) is 5.26 Å². The summed E-state index contributed by atoms with van der Waals surface area (Å²) in [5.74, 6) is 0.467. The van der Waals surface area contributed by atoms with Gasteiger partial charge in [-0.05, 0) is 18.2 Å². The van der Waals surface area contributed by atoms with Crippen LogP contribution in [0.4, 0.5) is 5.69 Å². The maximum Gasteiger partial charge on any atom is 0.166 e. The van der Waals surface area contributed by atoms with E-state index in [2.05, 4.69) is 0 Å². The van der Waals surface area contributed by atoms with E-state index in [0.717, 1.165) is 5.69 Å². The molecule has 0 fully saturated rings. The van der Waals surface area contributed by atoms with Gasteiger partial charge in [-0.15, -0.1) is 0 Å². The van der Waals surface area contributed by atoms with Crippen molar-refractivity contribution in [2.45, 2.75) is 6.42 Å². The van der Waals surface area contributed by atoms with Gasteiger partial charge < -0.3 is 9.64 Å². The zero-order chi connectivity index (χ0) is 12.8. The molecule has 0 radical (unpaired) electrons. The summed E-state index contributed by atoms with van der Waals surface area (Å²) in [6.45, 7) is 0.191. The number of rotatable bonds is 5. The summed E-state index contributed by atoms with van der Waals surface area (Å²) < 4.78 is 5.04.